The smallest absolute Gasteiger partial charge is 0.362 e. The molecule has 0 unspecified atom stereocenters. The summed E-state index contributed by atoms with van der Waals surface area (Å²) in [5, 5.41) is 6.91. The molecule has 1 heterocycles. The molecule has 0 spiro atoms. The average molecular weight is 373 g/mol. The Morgan fingerprint density at radius 1 is 0.808 bits per heavy atom. The Hall–Kier alpha value is -3.51. The van der Waals surface area contributed by atoms with Crippen molar-refractivity contribution in [2.75, 3.05) is 34.5 Å². The summed E-state index contributed by atoms with van der Waals surface area (Å²) in [6.07, 6.45) is 0. The van der Waals surface area contributed by atoms with Gasteiger partial charge in [-0.15, -0.1) is 5.10 Å². The minimum Gasteiger partial charge on any atom is -0.468 e. The number of carbonyl (C=O) groups is 5. The maximum absolute atomic E-state index is 12.2. The standard InChI is InChI=1S/C13H15N3O10/c1-22-7(17)4-16-11(13(21)26-6-9(19)24-3)10(14-15-16)12(20)25-5-8(18)23-2/h4-6H2,1-3H3. The van der Waals surface area contributed by atoms with E-state index in [1.807, 2.05) is 0 Å². The second-order valence-electron chi connectivity index (χ2n) is 4.32. The van der Waals surface area contributed by atoms with Gasteiger partial charge in [-0.25, -0.2) is 23.9 Å². The highest BCUT2D eigenvalue weighted by atomic mass is 16.6. The largest absolute Gasteiger partial charge is 0.468 e. The number of rotatable bonds is 8. The van der Waals surface area contributed by atoms with Crippen molar-refractivity contribution in [3.63, 3.8) is 0 Å². The first kappa shape index (κ1) is 20.5. The molecule has 0 fully saturated rings. The van der Waals surface area contributed by atoms with Gasteiger partial charge in [-0.3, -0.25) is 4.79 Å². The summed E-state index contributed by atoms with van der Waals surface area (Å²) >= 11 is 0. The highest BCUT2D eigenvalue weighted by Crippen LogP contribution is 2.10. The van der Waals surface area contributed by atoms with Crippen molar-refractivity contribution >= 4 is 29.8 Å². The molecule has 26 heavy (non-hydrogen) atoms. The van der Waals surface area contributed by atoms with E-state index in [1.54, 1.807) is 0 Å². The summed E-state index contributed by atoms with van der Waals surface area (Å²) in [4.78, 5) is 57.6. The van der Waals surface area contributed by atoms with Crippen LogP contribution in [0.4, 0.5) is 0 Å². The third kappa shape index (κ3) is 5.54. The zero-order valence-corrected chi connectivity index (χ0v) is 14.0. The zero-order valence-electron chi connectivity index (χ0n) is 14.0. The van der Waals surface area contributed by atoms with Gasteiger partial charge in [-0.05, 0) is 0 Å². The van der Waals surface area contributed by atoms with E-state index in [4.69, 9.17) is 0 Å². The lowest BCUT2D eigenvalue weighted by Crippen LogP contribution is -2.24. The van der Waals surface area contributed by atoms with Gasteiger partial charge in [0.2, 0.25) is 5.69 Å². The Morgan fingerprint density at radius 2 is 1.31 bits per heavy atom. The quantitative estimate of drug-likeness (QED) is 0.368. The predicted octanol–water partition coefficient (Wildman–Crippen LogP) is -1.89. The molecular weight excluding hydrogens is 358 g/mol. The van der Waals surface area contributed by atoms with E-state index < -0.39 is 61.0 Å². The third-order valence-corrected chi connectivity index (χ3v) is 2.73. The SMILES string of the molecule is COC(=O)COC(=O)c1nnn(CC(=O)OC)c1C(=O)OCC(=O)OC. The third-order valence-electron chi connectivity index (χ3n) is 2.73. The Labute approximate surface area is 146 Å². The second-order valence-corrected chi connectivity index (χ2v) is 4.32. The first-order valence-electron chi connectivity index (χ1n) is 6.82. The Balaban J connectivity index is 3.06. The van der Waals surface area contributed by atoms with Crippen molar-refractivity contribution in [2.24, 2.45) is 0 Å². The van der Waals surface area contributed by atoms with Crippen molar-refractivity contribution in [1.82, 2.24) is 15.0 Å². The summed E-state index contributed by atoms with van der Waals surface area (Å²) in [6.45, 7) is -2.07. The topological polar surface area (TPSA) is 162 Å². The van der Waals surface area contributed by atoms with E-state index in [0.29, 0.717) is 0 Å². The molecule has 0 radical (unpaired) electrons. The summed E-state index contributed by atoms with van der Waals surface area (Å²) in [6, 6.07) is 0. The molecule has 0 atom stereocenters. The average Bonchev–Trinajstić information content (AvgIpc) is 3.06. The summed E-state index contributed by atoms with van der Waals surface area (Å²) < 4.78 is 23.1. The van der Waals surface area contributed by atoms with Crippen molar-refractivity contribution in [2.45, 2.75) is 6.54 Å². The minimum atomic E-state index is -1.20. The molecule has 13 nitrogen and oxygen atoms in total. The van der Waals surface area contributed by atoms with Gasteiger partial charge in [0, 0.05) is 0 Å². The van der Waals surface area contributed by atoms with Crippen LogP contribution in [0.1, 0.15) is 21.0 Å². The lowest BCUT2D eigenvalue weighted by molar-refractivity contribution is -0.144. The highest BCUT2D eigenvalue weighted by Gasteiger charge is 2.29. The molecule has 0 saturated carbocycles. The van der Waals surface area contributed by atoms with E-state index in [-0.39, 0.29) is 0 Å². The maximum atomic E-state index is 12.2. The number of aromatic nitrogens is 3. The first-order valence-corrected chi connectivity index (χ1v) is 6.82. The molecule has 0 saturated heterocycles. The number of hydrogen-bond donors (Lipinski definition) is 0. The van der Waals surface area contributed by atoms with Gasteiger partial charge in [-0.1, -0.05) is 5.21 Å². The molecule has 0 aromatic carbocycles. The van der Waals surface area contributed by atoms with Crippen molar-refractivity contribution in [1.29, 1.82) is 0 Å². The van der Waals surface area contributed by atoms with Crippen molar-refractivity contribution in [3.8, 4) is 0 Å². The monoisotopic (exact) mass is 373 g/mol. The lowest BCUT2D eigenvalue weighted by atomic mass is 10.3. The molecule has 0 amide bonds. The zero-order chi connectivity index (χ0) is 19.7. The maximum Gasteiger partial charge on any atom is 0.362 e. The number of esters is 5. The van der Waals surface area contributed by atoms with Crippen molar-refractivity contribution < 1.29 is 47.7 Å². The molecule has 0 N–H and O–H groups in total. The van der Waals surface area contributed by atoms with Crippen LogP contribution in [0.3, 0.4) is 0 Å². The van der Waals surface area contributed by atoms with Gasteiger partial charge in [-0.2, -0.15) is 0 Å². The van der Waals surface area contributed by atoms with E-state index in [0.717, 1.165) is 26.0 Å². The van der Waals surface area contributed by atoms with Gasteiger partial charge in [0.15, 0.2) is 18.9 Å². The van der Waals surface area contributed by atoms with Crippen LogP contribution in [0.25, 0.3) is 0 Å². The summed E-state index contributed by atoms with van der Waals surface area (Å²) in [5.41, 5.74) is -1.21. The summed E-state index contributed by atoms with van der Waals surface area (Å²) in [5.74, 6) is -4.91. The Kier molecular flexibility index (Phi) is 7.67. The van der Waals surface area contributed by atoms with Gasteiger partial charge < -0.3 is 23.7 Å². The van der Waals surface area contributed by atoms with Crippen LogP contribution in [0, 0.1) is 0 Å². The van der Waals surface area contributed by atoms with Crippen molar-refractivity contribution in [3.05, 3.63) is 11.4 Å². The Morgan fingerprint density at radius 3 is 1.81 bits per heavy atom. The normalized spacial score (nSPS) is 9.81. The molecule has 0 aliphatic rings. The van der Waals surface area contributed by atoms with Crippen LogP contribution in [-0.2, 0) is 44.6 Å². The highest BCUT2D eigenvalue weighted by molar-refractivity contribution is 6.01. The second kappa shape index (κ2) is 9.71. The number of carbonyl (C=O) groups excluding carboxylic acids is 5. The molecule has 0 aliphatic heterocycles. The van der Waals surface area contributed by atoms with Crippen LogP contribution in [0.2, 0.25) is 0 Å². The minimum absolute atomic E-state index is 0.573. The lowest BCUT2D eigenvalue weighted by Gasteiger charge is -2.07. The molecule has 0 aliphatic carbocycles. The van der Waals surface area contributed by atoms with E-state index in [2.05, 4.69) is 34.0 Å². The molecular formula is C13H15N3O10. The fourth-order valence-electron chi connectivity index (χ4n) is 1.45. The number of hydrogen-bond acceptors (Lipinski definition) is 12. The van der Waals surface area contributed by atoms with Crippen LogP contribution in [-0.4, -0.2) is 79.4 Å². The van der Waals surface area contributed by atoms with E-state index >= 15 is 0 Å². The van der Waals surface area contributed by atoms with Crippen LogP contribution in [0.15, 0.2) is 0 Å². The number of ether oxygens (including phenoxy) is 5. The van der Waals surface area contributed by atoms with Crippen LogP contribution >= 0.6 is 0 Å². The fraction of sp³-hybridized carbons (Fsp3) is 0.462. The molecule has 1 aromatic heterocycles. The number of methoxy groups -OCH3 is 3. The van der Waals surface area contributed by atoms with Crippen LogP contribution < -0.4 is 0 Å². The predicted molar refractivity (Wildman–Crippen MR) is 76.6 cm³/mol. The summed E-state index contributed by atoms with van der Waals surface area (Å²) in [7, 11) is 3.26. The van der Waals surface area contributed by atoms with Gasteiger partial charge >= 0.3 is 29.8 Å². The van der Waals surface area contributed by atoms with Gasteiger partial charge in [0.25, 0.3) is 0 Å². The van der Waals surface area contributed by atoms with Gasteiger partial charge in [0.1, 0.15) is 6.54 Å². The Bertz CT molecular complexity index is 711. The van der Waals surface area contributed by atoms with E-state index in [1.165, 1.54) is 0 Å². The molecule has 0 bridgehead atoms. The molecule has 1 rings (SSSR count). The first-order chi connectivity index (χ1) is 12.3. The molecule has 142 valence electrons. The van der Waals surface area contributed by atoms with Crippen LogP contribution in [0.5, 0.6) is 0 Å². The molecule has 13 heteroatoms. The number of nitrogens with zero attached hydrogens (tertiary/aromatic N) is 3. The van der Waals surface area contributed by atoms with Gasteiger partial charge in [0.05, 0.1) is 21.3 Å². The van der Waals surface area contributed by atoms with E-state index in [9.17, 15) is 24.0 Å². The fourth-order valence-corrected chi connectivity index (χ4v) is 1.45. The molecule has 1 aromatic rings.